The summed E-state index contributed by atoms with van der Waals surface area (Å²) in [5, 5.41) is 8.22. The van der Waals surface area contributed by atoms with Crippen LogP contribution >= 0.6 is 0 Å². The summed E-state index contributed by atoms with van der Waals surface area (Å²) in [6.07, 6.45) is 6.89. The van der Waals surface area contributed by atoms with Crippen LogP contribution in [0.5, 0.6) is 0 Å². The fraction of sp³-hybridized carbons (Fsp3) is 0.833. The maximum absolute atomic E-state index is 5.88. The number of nitrogen functional groups attached to an aromatic ring is 1. The first kappa shape index (κ1) is 12.4. The second-order valence-electron chi connectivity index (χ2n) is 4.79. The lowest BCUT2D eigenvalue weighted by atomic mass is 9.92. The smallest absolute Gasteiger partial charge is 0.169 e. The van der Waals surface area contributed by atoms with E-state index in [-0.39, 0.29) is 0 Å². The molecule has 1 aromatic heterocycles. The van der Waals surface area contributed by atoms with Crippen molar-refractivity contribution in [3.8, 4) is 0 Å². The third-order valence-corrected chi connectivity index (χ3v) is 3.59. The minimum atomic E-state index is 0.355. The van der Waals surface area contributed by atoms with Crippen molar-refractivity contribution in [2.45, 2.75) is 57.6 Å². The predicted octanol–water partition coefficient (Wildman–Crippen LogP) is 1.94. The lowest BCUT2D eigenvalue weighted by molar-refractivity contribution is 0.0499. The Balaban J connectivity index is 2.15. The normalized spacial score (nSPS) is 25.1. The molecule has 1 heterocycles. The maximum atomic E-state index is 5.88. The van der Waals surface area contributed by atoms with Crippen LogP contribution in [0.25, 0.3) is 0 Å². The third kappa shape index (κ3) is 2.60. The van der Waals surface area contributed by atoms with Crippen molar-refractivity contribution in [3.63, 3.8) is 0 Å². The van der Waals surface area contributed by atoms with E-state index in [0.29, 0.717) is 18.0 Å². The summed E-state index contributed by atoms with van der Waals surface area (Å²) in [6, 6.07) is 0.403. The molecule has 0 radical (unpaired) electrons. The molecule has 1 saturated carbocycles. The molecule has 0 bridgehead atoms. The van der Waals surface area contributed by atoms with Gasteiger partial charge in [-0.15, -0.1) is 5.10 Å². The van der Waals surface area contributed by atoms with Crippen LogP contribution in [0, 0.1) is 0 Å². The first-order chi connectivity index (χ1) is 8.26. The molecule has 5 heteroatoms. The van der Waals surface area contributed by atoms with Gasteiger partial charge in [0, 0.05) is 7.11 Å². The molecular weight excluding hydrogens is 216 g/mol. The molecule has 0 spiro atoms. The van der Waals surface area contributed by atoms with Gasteiger partial charge in [-0.2, -0.15) is 0 Å². The van der Waals surface area contributed by atoms with Gasteiger partial charge in [-0.05, 0) is 32.1 Å². The van der Waals surface area contributed by atoms with Crippen LogP contribution in [0.2, 0.25) is 0 Å². The Morgan fingerprint density at radius 2 is 2.29 bits per heavy atom. The summed E-state index contributed by atoms with van der Waals surface area (Å²) >= 11 is 0. The number of nitrogens with zero attached hydrogens (tertiary/aromatic N) is 3. The molecule has 1 aromatic rings. The van der Waals surface area contributed by atoms with Crippen molar-refractivity contribution in [1.82, 2.24) is 15.0 Å². The van der Waals surface area contributed by atoms with Crippen LogP contribution in [-0.2, 0) is 11.2 Å². The quantitative estimate of drug-likeness (QED) is 0.870. The SMILES string of the molecule is CCCc1c(N)nnn1C1CCCC(OC)C1. The van der Waals surface area contributed by atoms with E-state index in [1.54, 1.807) is 7.11 Å². The molecule has 5 nitrogen and oxygen atoms in total. The molecule has 2 unspecified atom stereocenters. The Morgan fingerprint density at radius 3 is 3.00 bits per heavy atom. The number of ether oxygens (including phenoxy) is 1. The highest BCUT2D eigenvalue weighted by molar-refractivity contribution is 5.33. The number of anilines is 1. The number of hydrogen-bond donors (Lipinski definition) is 1. The molecule has 2 N–H and O–H groups in total. The van der Waals surface area contributed by atoms with E-state index in [1.165, 1.54) is 6.42 Å². The number of rotatable bonds is 4. The minimum absolute atomic E-state index is 0.355. The molecule has 1 aliphatic rings. The minimum Gasteiger partial charge on any atom is -0.381 e. The number of nitrogens with two attached hydrogens (primary N) is 1. The molecule has 0 saturated heterocycles. The summed E-state index contributed by atoms with van der Waals surface area (Å²) in [5.41, 5.74) is 6.97. The van der Waals surface area contributed by atoms with Gasteiger partial charge >= 0.3 is 0 Å². The van der Waals surface area contributed by atoms with Crippen molar-refractivity contribution < 1.29 is 4.74 Å². The second kappa shape index (κ2) is 5.49. The summed E-state index contributed by atoms with van der Waals surface area (Å²) in [5.74, 6) is 0.589. The van der Waals surface area contributed by atoms with Crippen molar-refractivity contribution in [1.29, 1.82) is 0 Å². The standard InChI is InChI=1S/C12H22N4O/c1-3-5-11-12(13)14-15-16(11)9-6-4-7-10(8-9)17-2/h9-10H,3-8,13H2,1-2H3. The Hall–Kier alpha value is -1.10. The fourth-order valence-corrected chi connectivity index (χ4v) is 2.65. The molecule has 1 fully saturated rings. The molecule has 0 aliphatic heterocycles. The van der Waals surface area contributed by atoms with Gasteiger partial charge in [0.15, 0.2) is 5.82 Å². The van der Waals surface area contributed by atoms with Gasteiger partial charge in [-0.1, -0.05) is 18.6 Å². The van der Waals surface area contributed by atoms with E-state index < -0.39 is 0 Å². The van der Waals surface area contributed by atoms with Crippen LogP contribution < -0.4 is 5.73 Å². The monoisotopic (exact) mass is 238 g/mol. The van der Waals surface area contributed by atoms with E-state index in [1.807, 2.05) is 4.68 Å². The van der Waals surface area contributed by atoms with Crippen LogP contribution in [0.4, 0.5) is 5.82 Å². The third-order valence-electron chi connectivity index (χ3n) is 3.59. The van der Waals surface area contributed by atoms with Gasteiger partial charge in [0.1, 0.15) is 0 Å². The van der Waals surface area contributed by atoms with Crippen molar-refractivity contribution >= 4 is 5.82 Å². The van der Waals surface area contributed by atoms with Crippen LogP contribution in [0.1, 0.15) is 50.8 Å². The Morgan fingerprint density at radius 1 is 1.47 bits per heavy atom. The highest BCUT2D eigenvalue weighted by Gasteiger charge is 2.26. The van der Waals surface area contributed by atoms with E-state index in [4.69, 9.17) is 10.5 Å². The van der Waals surface area contributed by atoms with Gasteiger partial charge in [0.25, 0.3) is 0 Å². The molecule has 96 valence electrons. The second-order valence-corrected chi connectivity index (χ2v) is 4.79. The summed E-state index contributed by atoms with van der Waals surface area (Å²) < 4.78 is 7.49. The van der Waals surface area contributed by atoms with Gasteiger partial charge in [-0.25, -0.2) is 4.68 Å². The fourth-order valence-electron chi connectivity index (χ4n) is 2.65. The van der Waals surface area contributed by atoms with Crippen molar-refractivity contribution in [2.75, 3.05) is 12.8 Å². The maximum Gasteiger partial charge on any atom is 0.169 e. The van der Waals surface area contributed by atoms with Crippen LogP contribution in [-0.4, -0.2) is 28.2 Å². The molecule has 1 aliphatic carbocycles. The molecule has 17 heavy (non-hydrogen) atoms. The number of methoxy groups -OCH3 is 1. The largest absolute Gasteiger partial charge is 0.381 e. The van der Waals surface area contributed by atoms with Gasteiger partial charge in [0.2, 0.25) is 0 Å². The zero-order chi connectivity index (χ0) is 12.3. The predicted molar refractivity (Wildman–Crippen MR) is 66.7 cm³/mol. The van der Waals surface area contributed by atoms with E-state index in [9.17, 15) is 0 Å². The van der Waals surface area contributed by atoms with Gasteiger partial charge in [-0.3, -0.25) is 0 Å². The molecule has 0 amide bonds. The molecular formula is C12H22N4O. The Bertz CT molecular complexity index is 363. The number of aromatic nitrogens is 3. The molecule has 0 aromatic carbocycles. The highest BCUT2D eigenvalue weighted by atomic mass is 16.5. The molecule has 2 rings (SSSR count). The van der Waals surface area contributed by atoms with E-state index in [0.717, 1.165) is 37.8 Å². The Labute approximate surface area is 102 Å². The topological polar surface area (TPSA) is 66.0 Å². The average Bonchev–Trinajstić information content (AvgIpc) is 2.72. The number of hydrogen-bond acceptors (Lipinski definition) is 4. The van der Waals surface area contributed by atoms with Gasteiger partial charge < -0.3 is 10.5 Å². The van der Waals surface area contributed by atoms with Crippen molar-refractivity contribution in [2.24, 2.45) is 0 Å². The first-order valence-electron chi connectivity index (χ1n) is 6.48. The van der Waals surface area contributed by atoms with Crippen LogP contribution in [0.15, 0.2) is 0 Å². The zero-order valence-electron chi connectivity index (χ0n) is 10.7. The average molecular weight is 238 g/mol. The van der Waals surface area contributed by atoms with Crippen molar-refractivity contribution in [3.05, 3.63) is 5.69 Å². The lowest BCUT2D eigenvalue weighted by Crippen LogP contribution is -2.26. The lowest BCUT2D eigenvalue weighted by Gasteiger charge is -2.29. The molecule has 2 atom stereocenters. The highest BCUT2D eigenvalue weighted by Crippen LogP contribution is 2.31. The van der Waals surface area contributed by atoms with E-state index in [2.05, 4.69) is 17.2 Å². The summed E-state index contributed by atoms with van der Waals surface area (Å²) in [7, 11) is 1.79. The van der Waals surface area contributed by atoms with Gasteiger partial charge in [0.05, 0.1) is 17.8 Å². The Kier molecular flexibility index (Phi) is 3.99. The van der Waals surface area contributed by atoms with Crippen LogP contribution in [0.3, 0.4) is 0 Å². The zero-order valence-corrected chi connectivity index (χ0v) is 10.7. The van der Waals surface area contributed by atoms with E-state index >= 15 is 0 Å². The summed E-state index contributed by atoms with van der Waals surface area (Å²) in [6.45, 7) is 2.15. The first-order valence-corrected chi connectivity index (χ1v) is 6.48. The summed E-state index contributed by atoms with van der Waals surface area (Å²) in [4.78, 5) is 0.